The topological polar surface area (TPSA) is 133 Å². The van der Waals surface area contributed by atoms with Gasteiger partial charge in [0.2, 0.25) is 0 Å². The lowest BCUT2D eigenvalue weighted by Gasteiger charge is -2.13. The van der Waals surface area contributed by atoms with E-state index in [9.17, 15) is 14.9 Å². The minimum absolute atomic E-state index is 0.101. The van der Waals surface area contributed by atoms with Crippen LogP contribution in [0.3, 0.4) is 0 Å². The number of rotatable bonds is 10. The number of benzene rings is 2. The van der Waals surface area contributed by atoms with Crippen LogP contribution in [0.25, 0.3) is 0 Å². The molecule has 0 unspecified atom stereocenters. The van der Waals surface area contributed by atoms with Gasteiger partial charge in [-0.3, -0.25) is 14.9 Å². The number of nitro groups is 1. The van der Waals surface area contributed by atoms with Gasteiger partial charge in [-0.2, -0.15) is 5.26 Å². The molecule has 0 atom stereocenters. The summed E-state index contributed by atoms with van der Waals surface area (Å²) in [6, 6.07) is 10.5. The van der Waals surface area contributed by atoms with Crippen LogP contribution in [0.4, 0.5) is 11.4 Å². The van der Waals surface area contributed by atoms with Gasteiger partial charge < -0.3 is 24.3 Å². The van der Waals surface area contributed by atoms with E-state index >= 15 is 0 Å². The molecule has 0 heterocycles. The molecule has 0 fully saturated rings. The van der Waals surface area contributed by atoms with E-state index in [-0.39, 0.29) is 36.9 Å². The summed E-state index contributed by atoms with van der Waals surface area (Å²) in [5.41, 5.74) is -0.214. The molecule has 0 spiro atoms. The number of hydrogen-bond donors (Lipinski definition) is 1. The maximum Gasteiger partial charge on any atom is 0.286 e. The first-order valence-electron chi connectivity index (χ1n) is 8.39. The number of ether oxygens (including phenoxy) is 4. The number of carbonyl (C=O) groups excluding carboxylic acids is 1. The van der Waals surface area contributed by atoms with E-state index in [1.807, 2.05) is 6.07 Å². The second-order valence-electron chi connectivity index (χ2n) is 5.54. The van der Waals surface area contributed by atoms with Crippen LogP contribution in [0.5, 0.6) is 17.2 Å². The van der Waals surface area contributed by atoms with Crippen molar-refractivity contribution in [2.45, 2.75) is 0 Å². The fourth-order valence-electron chi connectivity index (χ4n) is 2.34. The molecule has 0 bridgehead atoms. The summed E-state index contributed by atoms with van der Waals surface area (Å²) < 4.78 is 20.6. The Hall–Kier alpha value is -3.84. The van der Waals surface area contributed by atoms with Crippen molar-refractivity contribution in [2.75, 3.05) is 39.4 Å². The van der Waals surface area contributed by atoms with Gasteiger partial charge in [0, 0.05) is 18.9 Å². The Balaban J connectivity index is 2.26. The van der Waals surface area contributed by atoms with Crippen molar-refractivity contribution in [3.05, 3.63) is 52.1 Å². The Kier molecular flexibility index (Phi) is 7.76. The Morgan fingerprint density at radius 3 is 2.45 bits per heavy atom. The normalized spacial score (nSPS) is 9.97. The predicted octanol–water partition coefficient (Wildman–Crippen LogP) is 2.78. The van der Waals surface area contributed by atoms with Crippen LogP contribution in [0.15, 0.2) is 36.4 Å². The standard InChI is InChI=1S/C19H19N3O7/c1-26-9-10-29-18-12-16(22(24)25)15(11-17(18)27-2)19(23)21-13-3-5-14(6-4-13)28-8-7-20/h3-6,11-12H,8-10H2,1-2H3,(H,21,23). The fraction of sp³-hybridized carbons (Fsp3) is 0.263. The molecular formula is C19H19N3O7. The number of hydrogen-bond acceptors (Lipinski definition) is 8. The lowest BCUT2D eigenvalue weighted by Crippen LogP contribution is -2.15. The smallest absolute Gasteiger partial charge is 0.286 e. The van der Waals surface area contributed by atoms with Crippen molar-refractivity contribution in [1.82, 2.24) is 0 Å². The number of carbonyl (C=O) groups is 1. The number of nitrogens with zero attached hydrogens (tertiary/aromatic N) is 2. The molecule has 0 aliphatic heterocycles. The van der Waals surface area contributed by atoms with E-state index in [4.69, 9.17) is 24.2 Å². The van der Waals surface area contributed by atoms with Crippen molar-refractivity contribution < 1.29 is 28.7 Å². The number of nitriles is 1. The van der Waals surface area contributed by atoms with Crippen LogP contribution in [0.2, 0.25) is 0 Å². The molecule has 10 heteroatoms. The van der Waals surface area contributed by atoms with Gasteiger partial charge in [-0.1, -0.05) is 0 Å². The molecule has 0 aromatic heterocycles. The maximum atomic E-state index is 12.6. The summed E-state index contributed by atoms with van der Waals surface area (Å²) in [4.78, 5) is 23.4. The highest BCUT2D eigenvalue weighted by atomic mass is 16.6. The predicted molar refractivity (Wildman–Crippen MR) is 103 cm³/mol. The van der Waals surface area contributed by atoms with Crippen LogP contribution in [0.1, 0.15) is 10.4 Å². The van der Waals surface area contributed by atoms with Crippen molar-refractivity contribution in [3.63, 3.8) is 0 Å². The van der Waals surface area contributed by atoms with Gasteiger partial charge in [0.25, 0.3) is 11.6 Å². The molecule has 2 rings (SSSR count). The van der Waals surface area contributed by atoms with Gasteiger partial charge in [-0.05, 0) is 24.3 Å². The molecule has 0 saturated carbocycles. The minimum Gasteiger partial charge on any atom is -0.493 e. The van der Waals surface area contributed by atoms with Crippen LogP contribution in [0, 0.1) is 21.4 Å². The van der Waals surface area contributed by atoms with Crippen LogP contribution < -0.4 is 19.5 Å². The van der Waals surface area contributed by atoms with Gasteiger partial charge in [-0.15, -0.1) is 0 Å². The highest BCUT2D eigenvalue weighted by Crippen LogP contribution is 2.35. The molecule has 152 valence electrons. The second kappa shape index (κ2) is 10.5. The quantitative estimate of drug-likeness (QED) is 0.365. The van der Waals surface area contributed by atoms with Crippen molar-refractivity contribution in [2.24, 2.45) is 0 Å². The van der Waals surface area contributed by atoms with Crippen LogP contribution >= 0.6 is 0 Å². The van der Waals surface area contributed by atoms with Gasteiger partial charge in [0.05, 0.1) is 24.7 Å². The molecule has 0 aliphatic carbocycles. The van der Waals surface area contributed by atoms with E-state index in [2.05, 4.69) is 5.32 Å². The van der Waals surface area contributed by atoms with Crippen molar-refractivity contribution >= 4 is 17.3 Å². The largest absolute Gasteiger partial charge is 0.493 e. The summed E-state index contributed by atoms with van der Waals surface area (Å²) >= 11 is 0. The van der Waals surface area contributed by atoms with E-state index in [1.165, 1.54) is 20.3 Å². The summed E-state index contributed by atoms with van der Waals surface area (Å²) in [6.07, 6.45) is 0. The Bertz CT molecular complexity index is 907. The first-order chi connectivity index (χ1) is 14.0. The van der Waals surface area contributed by atoms with E-state index < -0.39 is 16.5 Å². The number of anilines is 1. The highest BCUT2D eigenvalue weighted by molar-refractivity contribution is 6.07. The molecule has 1 amide bonds. The summed E-state index contributed by atoms with van der Waals surface area (Å²) in [6.45, 7) is 0.347. The number of nitro benzene ring substituents is 1. The summed E-state index contributed by atoms with van der Waals surface area (Å²) in [7, 11) is 2.87. The SMILES string of the molecule is COCCOc1cc([N+](=O)[O-])c(C(=O)Nc2ccc(OCC#N)cc2)cc1OC. The molecule has 2 aromatic carbocycles. The minimum atomic E-state index is -0.691. The zero-order valence-electron chi connectivity index (χ0n) is 15.8. The maximum absolute atomic E-state index is 12.6. The van der Waals surface area contributed by atoms with Gasteiger partial charge in [-0.25, -0.2) is 0 Å². The molecule has 0 aliphatic rings. The van der Waals surface area contributed by atoms with E-state index in [1.54, 1.807) is 24.3 Å². The van der Waals surface area contributed by atoms with Crippen molar-refractivity contribution in [3.8, 4) is 23.3 Å². The number of amides is 1. The molecule has 0 radical (unpaired) electrons. The summed E-state index contributed by atoms with van der Waals surface area (Å²) in [5.74, 6) is 0.0720. The summed E-state index contributed by atoms with van der Waals surface area (Å²) in [5, 5.41) is 22.6. The van der Waals surface area contributed by atoms with Crippen LogP contribution in [-0.2, 0) is 4.74 Å². The monoisotopic (exact) mass is 401 g/mol. The average molecular weight is 401 g/mol. The Labute approximate surface area is 166 Å². The number of nitrogens with one attached hydrogen (secondary N) is 1. The lowest BCUT2D eigenvalue weighted by atomic mass is 10.1. The second-order valence-corrected chi connectivity index (χ2v) is 5.54. The average Bonchev–Trinajstić information content (AvgIpc) is 2.72. The molecule has 2 aromatic rings. The molecule has 0 saturated heterocycles. The Morgan fingerprint density at radius 1 is 1.14 bits per heavy atom. The lowest BCUT2D eigenvalue weighted by molar-refractivity contribution is -0.385. The third-order valence-electron chi connectivity index (χ3n) is 3.68. The molecule has 29 heavy (non-hydrogen) atoms. The van der Waals surface area contributed by atoms with E-state index in [0.717, 1.165) is 6.07 Å². The van der Waals surface area contributed by atoms with E-state index in [0.29, 0.717) is 11.4 Å². The third kappa shape index (κ3) is 5.82. The number of methoxy groups -OCH3 is 2. The molecular weight excluding hydrogens is 382 g/mol. The van der Waals surface area contributed by atoms with Crippen LogP contribution in [-0.4, -0.2) is 44.9 Å². The van der Waals surface area contributed by atoms with Gasteiger partial charge in [0.15, 0.2) is 18.1 Å². The first-order valence-corrected chi connectivity index (χ1v) is 8.39. The third-order valence-corrected chi connectivity index (χ3v) is 3.68. The molecule has 10 nitrogen and oxygen atoms in total. The van der Waals surface area contributed by atoms with Crippen molar-refractivity contribution in [1.29, 1.82) is 5.26 Å². The van der Waals surface area contributed by atoms with Gasteiger partial charge in [0.1, 0.15) is 24.0 Å². The molecule has 1 N–H and O–H groups in total. The first kappa shape index (κ1) is 21.5. The fourth-order valence-corrected chi connectivity index (χ4v) is 2.34. The Morgan fingerprint density at radius 2 is 1.86 bits per heavy atom. The zero-order chi connectivity index (χ0) is 21.2. The zero-order valence-corrected chi connectivity index (χ0v) is 15.8. The highest BCUT2D eigenvalue weighted by Gasteiger charge is 2.25. The van der Waals surface area contributed by atoms with Gasteiger partial charge >= 0.3 is 0 Å².